The first-order chi connectivity index (χ1) is 8.08. The van der Waals surface area contributed by atoms with Crippen LogP contribution in [0.2, 0.25) is 0 Å². The summed E-state index contributed by atoms with van der Waals surface area (Å²) in [5.41, 5.74) is 0. The molecule has 4 nitrogen and oxygen atoms in total. The Morgan fingerprint density at radius 2 is 2.00 bits per heavy atom. The van der Waals surface area contributed by atoms with Gasteiger partial charge in [0.05, 0.1) is 0 Å². The lowest BCUT2D eigenvalue weighted by molar-refractivity contribution is 0.264. The molecule has 1 aliphatic carbocycles. The van der Waals surface area contributed by atoms with Gasteiger partial charge in [0.25, 0.3) is 0 Å². The Bertz CT molecular complexity index is 249. The summed E-state index contributed by atoms with van der Waals surface area (Å²) in [6, 6.07) is 1.10. The van der Waals surface area contributed by atoms with E-state index in [1.54, 1.807) is 0 Å². The van der Waals surface area contributed by atoms with E-state index in [4.69, 9.17) is 0 Å². The largest absolute Gasteiger partial charge is 0.355 e. The zero-order valence-electron chi connectivity index (χ0n) is 12.4. The van der Waals surface area contributed by atoms with Crippen molar-refractivity contribution < 1.29 is 0 Å². The summed E-state index contributed by atoms with van der Waals surface area (Å²) in [7, 11) is 6.16. The van der Waals surface area contributed by atoms with Gasteiger partial charge < -0.3 is 15.5 Å². The molecule has 0 aromatic heterocycles. The molecule has 108 valence electrons. The second-order valence-electron chi connectivity index (χ2n) is 5.28. The number of hydrogen-bond donors (Lipinski definition) is 2. The van der Waals surface area contributed by atoms with Gasteiger partial charge in [-0.15, -0.1) is 24.0 Å². The van der Waals surface area contributed by atoms with Crippen molar-refractivity contribution in [2.45, 2.75) is 45.2 Å². The monoisotopic (exact) mass is 368 g/mol. The topological polar surface area (TPSA) is 39.7 Å². The number of aliphatic imine (C=N–C) groups is 1. The smallest absolute Gasteiger partial charge is 0.191 e. The average Bonchev–Trinajstić information content (AvgIpc) is 3.11. The van der Waals surface area contributed by atoms with Gasteiger partial charge in [0, 0.05) is 25.7 Å². The molecular formula is C13H29IN4. The van der Waals surface area contributed by atoms with Gasteiger partial charge >= 0.3 is 0 Å². The molecule has 0 radical (unpaired) electrons. The summed E-state index contributed by atoms with van der Waals surface area (Å²) in [6.45, 7) is 5.34. The molecule has 1 fully saturated rings. The predicted molar refractivity (Wildman–Crippen MR) is 89.9 cm³/mol. The zero-order chi connectivity index (χ0) is 12.8. The van der Waals surface area contributed by atoms with Crippen LogP contribution in [-0.2, 0) is 0 Å². The Kier molecular flexibility index (Phi) is 8.94. The molecule has 0 spiro atoms. The van der Waals surface area contributed by atoms with Crippen LogP contribution in [0.4, 0.5) is 0 Å². The third-order valence-corrected chi connectivity index (χ3v) is 3.53. The second-order valence-corrected chi connectivity index (χ2v) is 5.28. The fourth-order valence-corrected chi connectivity index (χ4v) is 1.98. The van der Waals surface area contributed by atoms with Gasteiger partial charge in [0.15, 0.2) is 5.96 Å². The van der Waals surface area contributed by atoms with E-state index >= 15 is 0 Å². The minimum atomic E-state index is 0. The van der Waals surface area contributed by atoms with Crippen molar-refractivity contribution in [3.05, 3.63) is 0 Å². The maximum absolute atomic E-state index is 4.26. The molecule has 1 rings (SSSR count). The third-order valence-electron chi connectivity index (χ3n) is 3.53. The molecule has 18 heavy (non-hydrogen) atoms. The summed E-state index contributed by atoms with van der Waals surface area (Å²) in [6.07, 6.45) is 3.87. The number of nitrogens with zero attached hydrogens (tertiary/aromatic N) is 2. The first kappa shape index (κ1) is 18.0. The number of likely N-dealkylation sites (N-methyl/N-ethyl adjacent to an activating group) is 1. The van der Waals surface area contributed by atoms with E-state index in [2.05, 4.69) is 48.5 Å². The molecular weight excluding hydrogens is 339 g/mol. The first-order valence-corrected chi connectivity index (χ1v) is 6.72. The summed E-state index contributed by atoms with van der Waals surface area (Å²) >= 11 is 0. The summed E-state index contributed by atoms with van der Waals surface area (Å²) in [5.74, 6) is 1.80. The van der Waals surface area contributed by atoms with Crippen LogP contribution in [0.3, 0.4) is 0 Å². The average molecular weight is 368 g/mol. The molecule has 1 saturated carbocycles. The van der Waals surface area contributed by atoms with Crippen LogP contribution in [0, 0.1) is 5.92 Å². The Balaban J connectivity index is 0.00000289. The standard InChI is InChI=1S/C13H28N4.HI/c1-6-10(2)16-13(14-3)15-9-12(17(4)5)11-7-8-11;/h10-12H,6-9H2,1-5H3,(H2,14,15,16);1H. The molecule has 2 unspecified atom stereocenters. The lowest BCUT2D eigenvalue weighted by Crippen LogP contribution is -2.48. The number of halogens is 1. The van der Waals surface area contributed by atoms with Gasteiger partial charge in [-0.25, -0.2) is 0 Å². The van der Waals surface area contributed by atoms with E-state index in [1.807, 2.05) is 7.05 Å². The van der Waals surface area contributed by atoms with Crippen molar-refractivity contribution in [3.63, 3.8) is 0 Å². The second kappa shape index (κ2) is 8.96. The minimum absolute atomic E-state index is 0. The van der Waals surface area contributed by atoms with Gasteiger partial charge in [0.2, 0.25) is 0 Å². The van der Waals surface area contributed by atoms with Gasteiger partial charge in [0.1, 0.15) is 0 Å². The molecule has 0 bridgehead atoms. The molecule has 1 aliphatic rings. The zero-order valence-corrected chi connectivity index (χ0v) is 14.7. The molecule has 5 heteroatoms. The highest BCUT2D eigenvalue weighted by Crippen LogP contribution is 2.34. The normalized spacial score (nSPS) is 19.1. The molecule has 2 atom stereocenters. The number of rotatable bonds is 6. The fourth-order valence-electron chi connectivity index (χ4n) is 1.98. The van der Waals surface area contributed by atoms with Crippen LogP contribution in [0.15, 0.2) is 4.99 Å². The van der Waals surface area contributed by atoms with Gasteiger partial charge in [-0.3, -0.25) is 4.99 Å². The molecule has 0 aliphatic heterocycles. The maximum Gasteiger partial charge on any atom is 0.191 e. The Labute approximate surface area is 129 Å². The fraction of sp³-hybridized carbons (Fsp3) is 0.923. The molecule has 2 N–H and O–H groups in total. The molecule has 0 heterocycles. The Hall–Kier alpha value is -0.0400. The van der Waals surface area contributed by atoms with Gasteiger partial charge in [-0.05, 0) is 46.2 Å². The highest BCUT2D eigenvalue weighted by Gasteiger charge is 2.32. The quantitative estimate of drug-likeness (QED) is 0.428. The van der Waals surface area contributed by atoms with Crippen molar-refractivity contribution in [1.82, 2.24) is 15.5 Å². The van der Waals surface area contributed by atoms with E-state index < -0.39 is 0 Å². The highest BCUT2D eigenvalue weighted by molar-refractivity contribution is 14.0. The maximum atomic E-state index is 4.26. The van der Waals surface area contributed by atoms with Crippen molar-refractivity contribution in [1.29, 1.82) is 0 Å². The minimum Gasteiger partial charge on any atom is -0.355 e. The SMILES string of the molecule is CCC(C)NC(=NC)NCC(C1CC1)N(C)C.I. The summed E-state index contributed by atoms with van der Waals surface area (Å²) in [4.78, 5) is 6.58. The first-order valence-electron chi connectivity index (χ1n) is 6.72. The van der Waals surface area contributed by atoms with Crippen LogP contribution in [0.25, 0.3) is 0 Å². The summed E-state index contributed by atoms with van der Waals surface area (Å²) in [5, 5.41) is 6.82. The van der Waals surface area contributed by atoms with Crippen molar-refractivity contribution in [2.75, 3.05) is 27.7 Å². The van der Waals surface area contributed by atoms with Crippen molar-refractivity contribution in [2.24, 2.45) is 10.9 Å². The number of guanidine groups is 1. The van der Waals surface area contributed by atoms with E-state index in [0.717, 1.165) is 24.8 Å². The highest BCUT2D eigenvalue weighted by atomic mass is 127. The number of hydrogen-bond acceptors (Lipinski definition) is 2. The van der Waals surface area contributed by atoms with Crippen LogP contribution in [0.5, 0.6) is 0 Å². The van der Waals surface area contributed by atoms with Crippen LogP contribution in [0.1, 0.15) is 33.1 Å². The number of nitrogens with one attached hydrogen (secondary N) is 2. The lowest BCUT2D eigenvalue weighted by atomic mass is 10.1. The molecule has 0 amide bonds. The van der Waals surface area contributed by atoms with Gasteiger partial charge in [-0.2, -0.15) is 0 Å². The van der Waals surface area contributed by atoms with Crippen molar-refractivity contribution >= 4 is 29.9 Å². The molecule has 0 aromatic carbocycles. The van der Waals surface area contributed by atoms with E-state index in [-0.39, 0.29) is 24.0 Å². The Morgan fingerprint density at radius 3 is 2.39 bits per heavy atom. The summed E-state index contributed by atoms with van der Waals surface area (Å²) < 4.78 is 0. The van der Waals surface area contributed by atoms with E-state index in [9.17, 15) is 0 Å². The van der Waals surface area contributed by atoms with E-state index in [1.165, 1.54) is 12.8 Å². The molecule has 0 saturated heterocycles. The van der Waals surface area contributed by atoms with Crippen molar-refractivity contribution in [3.8, 4) is 0 Å². The predicted octanol–water partition coefficient (Wildman–Crippen LogP) is 1.91. The third kappa shape index (κ3) is 6.22. The Morgan fingerprint density at radius 1 is 1.39 bits per heavy atom. The van der Waals surface area contributed by atoms with Crippen LogP contribution < -0.4 is 10.6 Å². The lowest BCUT2D eigenvalue weighted by Gasteiger charge is -2.26. The molecule has 0 aromatic rings. The van der Waals surface area contributed by atoms with Gasteiger partial charge in [-0.1, -0.05) is 6.92 Å². The van der Waals surface area contributed by atoms with Crippen LogP contribution in [-0.4, -0.2) is 50.6 Å². The van der Waals surface area contributed by atoms with E-state index in [0.29, 0.717) is 12.1 Å². The van der Waals surface area contributed by atoms with Crippen LogP contribution >= 0.6 is 24.0 Å².